The van der Waals surface area contributed by atoms with E-state index >= 15 is 0 Å². The Hall–Kier alpha value is -2.03. The Balaban J connectivity index is 2.68. The summed E-state index contributed by atoms with van der Waals surface area (Å²) in [6.45, 7) is 0. The highest BCUT2D eigenvalue weighted by atomic mass is 16.5. The molecule has 0 radical (unpaired) electrons. The summed E-state index contributed by atoms with van der Waals surface area (Å²) >= 11 is 0. The minimum atomic E-state index is 0.653. The summed E-state index contributed by atoms with van der Waals surface area (Å²) in [6.07, 6.45) is 0.830. The van der Waals surface area contributed by atoms with E-state index in [1.165, 1.54) is 0 Å². The monoisotopic (exact) mass is 216 g/mol. The fourth-order valence-corrected chi connectivity index (χ4v) is 1.67. The molecule has 0 heterocycles. The lowest BCUT2D eigenvalue weighted by atomic mass is 10.1. The number of aldehydes is 1. The Morgan fingerprint density at radius 1 is 0.938 bits per heavy atom. The van der Waals surface area contributed by atoms with Crippen LogP contribution in [0.2, 0.25) is 0 Å². The van der Waals surface area contributed by atoms with Crippen molar-refractivity contribution in [1.82, 2.24) is 0 Å². The van der Waals surface area contributed by atoms with Crippen LogP contribution in [0.3, 0.4) is 0 Å². The van der Waals surface area contributed by atoms with Crippen LogP contribution in [-0.4, -0.2) is 20.5 Å². The van der Waals surface area contributed by atoms with Crippen LogP contribution in [-0.2, 0) is 0 Å². The summed E-state index contributed by atoms with van der Waals surface area (Å²) in [6, 6.07) is 9.25. The van der Waals surface area contributed by atoms with E-state index in [0.717, 1.165) is 17.1 Å². The number of fused-ring (bicyclic) bond motifs is 1. The lowest BCUT2D eigenvalue weighted by molar-refractivity contribution is 0.112. The van der Waals surface area contributed by atoms with E-state index in [-0.39, 0.29) is 0 Å². The number of methoxy groups -OCH3 is 2. The average Bonchev–Trinajstić information content (AvgIpc) is 2.36. The van der Waals surface area contributed by atoms with Crippen molar-refractivity contribution in [3.63, 3.8) is 0 Å². The number of benzene rings is 2. The fourth-order valence-electron chi connectivity index (χ4n) is 1.67. The number of carbonyl (C=O) groups excluding carboxylic acids is 1. The maximum absolute atomic E-state index is 10.7. The van der Waals surface area contributed by atoms with Crippen LogP contribution < -0.4 is 9.47 Å². The molecule has 82 valence electrons. The van der Waals surface area contributed by atoms with Gasteiger partial charge in [-0.3, -0.25) is 4.79 Å². The molecule has 3 nitrogen and oxygen atoms in total. The second-order valence-electron chi connectivity index (χ2n) is 3.43. The van der Waals surface area contributed by atoms with Gasteiger partial charge in [-0.1, -0.05) is 12.1 Å². The minimum absolute atomic E-state index is 0.653. The van der Waals surface area contributed by atoms with Crippen LogP contribution in [0.1, 0.15) is 10.4 Å². The van der Waals surface area contributed by atoms with E-state index in [1.54, 1.807) is 20.3 Å². The van der Waals surface area contributed by atoms with Gasteiger partial charge in [-0.2, -0.15) is 0 Å². The molecule has 0 aromatic heterocycles. The van der Waals surface area contributed by atoms with Crippen molar-refractivity contribution in [2.45, 2.75) is 0 Å². The third-order valence-corrected chi connectivity index (χ3v) is 2.50. The molecule has 0 spiro atoms. The molecule has 0 fully saturated rings. The molecule has 0 aliphatic rings. The first-order valence-corrected chi connectivity index (χ1v) is 4.89. The van der Waals surface area contributed by atoms with Crippen LogP contribution in [0, 0.1) is 0 Å². The summed E-state index contributed by atoms with van der Waals surface area (Å²) in [5, 5.41) is 1.98. The molecular formula is C13H12O3. The number of hydrogen-bond acceptors (Lipinski definition) is 3. The summed E-state index contributed by atoms with van der Waals surface area (Å²) in [5.41, 5.74) is 0.653. The molecule has 0 atom stereocenters. The van der Waals surface area contributed by atoms with Gasteiger partial charge < -0.3 is 9.47 Å². The highest BCUT2D eigenvalue weighted by Crippen LogP contribution is 2.32. The van der Waals surface area contributed by atoms with Gasteiger partial charge in [0.05, 0.1) is 14.2 Å². The van der Waals surface area contributed by atoms with E-state index in [9.17, 15) is 4.79 Å². The summed E-state index contributed by atoms with van der Waals surface area (Å²) in [4.78, 5) is 10.7. The predicted molar refractivity (Wildman–Crippen MR) is 62.4 cm³/mol. The van der Waals surface area contributed by atoms with Gasteiger partial charge in [0.2, 0.25) is 0 Å². The topological polar surface area (TPSA) is 35.5 Å². The van der Waals surface area contributed by atoms with Crippen LogP contribution >= 0.6 is 0 Å². The standard InChI is InChI=1S/C13H12O3/c1-15-12-6-10-4-3-9(8-14)5-11(10)7-13(12)16-2/h3-8H,1-2H3. The van der Waals surface area contributed by atoms with E-state index in [1.807, 2.05) is 24.3 Å². The van der Waals surface area contributed by atoms with Crippen LogP contribution in [0.5, 0.6) is 11.5 Å². The van der Waals surface area contributed by atoms with Gasteiger partial charge in [-0.25, -0.2) is 0 Å². The molecule has 0 aliphatic carbocycles. The Bertz CT molecular complexity index is 532. The Morgan fingerprint density at radius 3 is 2.12 bits per heavy atom. The van der Waals surface area contributed by atoms with E-state index in [4.69, 9.17) is 9.47 Å². The largest absolute Gasteiger partial charge is 0.493 e. The molecule has 0 aliphatic heterocycles. The molecule has 0 unspecified atom stereocenters. The zero-order valence-electron chi connectivity index (χ0n) is 9.19. The maximum Gasteiger partial charge on any atom is 0.161 e. The molecular weight excluding hydrogens is 204 g/mol. The molecule has 0 saturated heterocycles. The van der Waals surface area contributed by atoms with Crippen molar-refractivity contribution >= 4 is 17.1 Å². The Kier molecular flexibility index (Phi) is 2.77. The summed E-state index contributed by atoms with van der Waals surface area (Å²) in [7, 11) is 3.19. The molecule has 0 N–H and O–H groups in total. The smallest absolute Gasteiger partial charge is 0.161 e. The summed E-state index contributed by atoms with van der Waals surface area (Å²) in [5.74, 6) is 1.35. The first-order valence-electron chi connectivity index (χ1n) is 4.89. The van der Waals surface area contributed by atoms with E-state index in [0.29, 0.717) is 17.1 Å². The van der Waals surface area contributed by atoms with Gasteiger partial charge in [0.25, 0.3) is 0 Å². The average molecular weight is 216 g/mol. The van der Waals surface area contributed by atoms with Crippen molar-refractivity contribution in [1.29, 1.82) is 0 Å². The number of hydrogen-bond donors (Lipinski definition) is 0. The molecule has 0 saturated carbocycles. The zero-order valence-corrected chi connectivity index (χ0v) is 9.19. The van der Waals surface area contributed by atoms with Crippen molar-refractivity contribution in [3.8, 4) is 11.5 Å². The van der Waals surface area contributed by atoms with Crippen LogP contribution in [0.25, 0.3) is 10.8 Å². The van der Waals surface area contributed by atoms with E-state index < -0.39 is 0 Å². The molecule has 2 rings (SSSR count). The van der Waals surface area contributed by atoms with Gasteiger partial charge in [0.15, 0.2) is 11.5 Å². The zero-order chi connectivity index (χ0) is 11.5. The lowest BCUT2D eigenvalue weighted by Crippen LogP contribution is -1.91. The molecule has 3 heteroatoms. The lowest BCUT2D eigenvalue weighted by Gasteiger charge is -2.09. The Labute approximate surface area is 93.6 Å². The van der Waals surface area contributed by atoms with Crippen LogP contribution in [0.15, 0.2) is 30.3 Å². The minimum Gasteiger partial charge on any atom is -0.493 e. The first kappa shape index (κ1) is 10.5. The molecule has 0 bridgehead atoms. The predicted octanol–water partition coefficient (Wildman–Crippen LogP) is 2.67. The molecule has 0 amide bonds. The van der Waals surface area contributed by atoms with E-state index in [2.05, 4.69) is 0 Å². The van der Waals surface area contributed by atoms with Gasteiger partial charge in [-0.15, -0.1) is 0 Å². The highest BCUT2D eigenvalue weighted by molar-refractivity contribution is 5.91. The maximum atomic E-state index is 10.7. The second-order valence-corrected chi connectivity index (χ2v) is 3.43. The number of ether oxygens (including phenoxy) is 2. The molecule has 2 aromatic rings. The Morgan fingerprint density at radius 2 is 1.56 bits per heavy atom. The van der Waals surface area contributed by atoms with Crippen molar-refractivity contribution in [2.75, 3.05) is 14.2 Å². The summed E-state index contributed by atoms with van der Waals surface area (Å²) < 4.78 is 10.4. The quantitative estimate of drug-likeness (QED) is 0.740. The van der Waals surface area contributed by atoms with Gasteiger partial charge in [0, 0.05) is 5.56 Å². The second kappa shape index (κ2) is 4.23. The van der Waals surface area contributed by atoms with Gasteiger partial charge in [0.1, 0.15) is 6.29 Å². The van der Waals surface area contributed by atoms with Crippen molar-refractivity contribution in [2.24, 2.45) is 0 Å². The SMILES string of the molecule is COc1cc2ccc(C=O)cc2cc1OC. The highest BCUT2D eigenvalue weighted by Gasteiger charge is 2.05. The van der Waals surface area contributed by atoms with Crippen LogP contribution in [0.4, 0.5) is 0 Å². The fraction of sp³-hybridized carbons (Fsp3) is 0.154. The van der Waals surface area contributed by atoms with Gasteiger partial charge >= 0.3 is 0 Å². The first-order chi connectivity index (χ1) is 7.78. The van der Waals surface area contributed by atoms with Gasteiger partial charge in [-0.05, 0) is 29.0 Å². The third-order valence-electron chi connectivity index (χ3n) is 2.50. The van der Waals surface area contributed by atoms with Crippen molar-refractivity contribution in [3.05, 3.63) is 35.9 Å². The molecule has 2 aromatic carbocycles. The number of rotatable bonds is 3. The van der Waals surface area contributed by atoms with Crippen molar-refractivity contribution < 1.29 is 14.3 Å². The normalized spacial score (nSPS) is 10.1. The molecule has 16 heavy (non-hydrogen) atoms. The number of carbonyl (C=O) groups is 1. The third kappa shape index (κ3) is 1.72.